The summed E-state index contributed by atoms with van der Waals surface area (Å²) in [7, 11) is 0. The Morgan fingerprint density at radius 1 is 1.20 bits per heavy atom. The average molecular weight is 290 g/mol. The van der Waals surface area contributed by atoms with Crippen LogP contribution in [0.3, 0.4) is 0 Å². The molecule has 1 heterocycles. The number of hydrogen-bond donors (Lipinski definition) is 3. The monoisotopic (exact) mass is 290 g/mol. The third-order valence-corrected chi connectivity index (χ3v) is 3.76. The third kappa shape index (κ3) is 4.68. The molecular formula is C15H18N2O2S. The first-order valence-electron chi connectivity index (χ1n) is 6.49. The summed E-state index contributed by atoms with van der Waals surface area (Å²) in [4.78, 5) is 12.9. The molecule has 1 aromatic carbocycles. The summed E-state index contributed by atoms with van der Waals surface area (Å²) in [5, 5.41) is 16.9. The molecule has 0 aliphatic rings. The number of carbonyl (C=O) groups is 1. The topological polar surface area (TPSA) is 61.4 Å². The van der Waals surface area contributed by atoms with Gasteiger partial charge in [-0.25, -0.2) is 4.79 Å². The highest BCUT2D eigenvalue weighted by atomic mass is 32.1. The van der Waals surface area contributed by atoms with Crippen LogP contribution in [0.15, 0.2) is 47.8 Å². The number of aliphatic hydroxyl groups excluding tert-OH is 1. The Kier molecular flexibility index (Phi) is 5.58. The Labute approximate surface area is 122 Å². The minimum Gasteiger partial charge on any atom is -0.394 e. The van der Waals surface area contributed by atoms with Gasteiger partial charge in [-0.1, -0.05) is 36.4 Å². The molecule has 0 spiro atoms. The molecule has 3 N–H and O–H groups in total. The van der Waals surface area contributed by atoms with E-state index in [0.29, 0.717) is 13.0 Å². The van der Waals surface area contributed by atoms with Crippen LogP contribution in [0.4, 0.5) is 4.79 Å². The molecule has 0 radical (unpaired) electrons. The summed E-state index contributed by atoms with van der Waals surface area (Å²) in [5.74, 6) is 0. The van der Waals surface area contributed by atoms with E-state index >= 15 is 0 Å². The zero-order valence-corrected chi connectivity index (χ0v) is 11.9. The van der Waals surface area contributed by atoms with Gasteiger partial charge in [-0.3, -0.25) is 0 Å². The van der Waals surface area contributed by atoms with Crippen molar-refractivity contribution < 1.29 is 9.90 Å². The van der Waals surface area contributed by atoms with E-state index in [1.54, 1.807) is 11.3 Å². The Bertz CT molecular complexity index is 514. The molecule has 2 rings (SSSR count). The van der Waals surface area contributed by atoms with Gasteiger partial charge >= 0.3 is 6.03 Å². The molecule has 0 saturated heterocycles. The summed E-state index contributed by atoms with van der Waals surface area (Å²) >= 11 is 1.60. The van der Waals surface area contributed by atoms with Gasteiger partial charge in [-0.15, -0.1) is 11.3 Å². The minimum atomic E-state index is -0.277. The summed E-state index contributed by atoms with van der Waals surface area (Å²) in [6, 6.07) is 13.2. The van der Waals surface area contributed by atoms with Crippen molar-refractivity contribution in [3.63, 3.8) is 0 Å². The molecule has 1 atom stereocenters. The second-order valence-electron chi connectivity index (χ2n) is 4.48. The maximum Gasteiger partial charge on any atom is 0.315 e. The second-order valence-corrected chi connectivity index (χ2v) is 5.51. The van der Waals surface area contributed by atoms with E-state index in [1.165, 1.54) is 0 Å². The standard InChI is InChI=1S/C15H18N2O2S/c18-11-13(9-12-5-2-1-3-6-12)17-15(19)16-10-14-7-4-8-20-14/h1-8,13,18H,9-11H2,(H2,16,17,19)/t13-/m0/s1. The van der Waals surface area contributed by atoms with Crippen molar-refractivity contribution in [1.82, 2.24) is 10.6 Å². The number of hydrogen-bond acceptors (Lipinski definition) is 3. The Morgan fingerprint density at radius 3 is 2.65 bits per heavy atom. The zero-order chi connectivity index (χ0) is 14.2. The maximum absolute atomic E-state index is 11.8. The first-order valence-corrected chi connectivity index (χ1v) is 7.37. The normalized spacial score (nSPS) is 11.8. The van der Waals surface area contributed by atoms with Gasteiger partial charge in [0.15, 0.2) is 0 Å². The molecule has 5 heteroatoms. The number of amides is 2. The quantitative estimate of drug-likeness (QED) is 0.763. The van der Waals surface area contributed by atoms with Crippen LogP contribution in [0.5, 0.6) is 0 Å². The molecule has 0 saturated carbocycles. The number of nitrogens with one attached hydrogen (secondary N) is 2. The fourth-order valence-corrected chi connectivity index (χ4v) is 2.52. The van der Waals surface area contributed by atoms with Gasteiger partial charge < -0.3 is 15.7 Å². The highest BCUT2D eigenvalue weighted by molar-refractivity contribution is 7.09. The highest BCUT2D eigenvalue weighted by Gasteiger charge is 2.11. The van der Waals surface area contributed by atoms with E-state index in [2.05, 4.69) is 10.6 Å². The van der Waals surface area contributed by atoms with Crippen LogP contribution >= 0.6 is 11.3 Å². The van der Waals surface area contributed by atoms with Crippen LogP contribution in [0.1, 0.15) is 10.4 Å². The van der Waals surface area contributed by atoms with Crippen molar-refractivity contribution in [3.8, 4) is 0 Å². The molecule has 2 amide bonds. The number of benzene rings is 1. The van der Waals surface area contributed by atoms with Crippen LogP contribution in [-0.2, 0) is 13.0 Å². The van der Waals surface area contributed by atoms with Gasteiger partial charge in [0, 0.05) is 4.88 Å². The van der Waals surface area contributed by atoms with Gasteiger partial charge in [-0.2, -0.15) is 0 Å². The van der Waals surface area contributed by atoms with E-state index in [9.17, 15) is 9.90 Å². The molecular weight excluding hydrogens is 272 g/mol. The van der Waals surface area contributed by atoms with E-state index in [4.69, 9.17) is 0 Å². The van der Waals surface area contributed by atoms with Gasteiger partial charge in [0.25, 0.3) is 0 Å². The second kappa shape index (κ2) is 7.67. The van der Waals surface area contributed by atoms with Crippen molar-refractivity contribution in [2.24, 2.45) is 0 Å². The van der Waals surface area contributed by atoms with Crippen LogP contribution in [0.25, 0.3) is 0 Å². The highest BCUT2D eigenvalue weighted by Crippen LogP contribution is 2.07. The number of thiophene rings is 1. The van der Waals surface area contributed by atoms with Crippen LogP contribution in [0, 0.1) is 0 Å². The molecule has 0 unspecified atom stereocenters. The smallest absolute Gasteiger partial charge is 0.315 e. The summed E-state index contributed by atoms with van der Waals surface area (Å²) < 4.78 is 0. The van der Waals surface area contributed by atoms with Gasteiger partial charge in [0.05, 0.1) is 19.2 Å². The van der Waals surface area contributed by atoms with Crippen molar-refractivity contribution >= 4 is 17.4 Å². The molecule has 0 fully saturated rings. The van der Waals surface area contributed by atoms with Crippen LogP contribution < -0.4 is 10.6 Å². The van der Waals surface area contributed by atoms with E-state index in [0.717, 1.165) is 10.4 Å². The van der Waals surface area contributed by atoms with E-state index in [-0.39, 0.29) is 18.7 Å². The van der Waals surface area contributed by atoms with Crippen LogP contribution in [0.2, 0.25) is 0 Å². The Hall–Kier alpha value is -1.85. The first-order chi connectivity index (χ1) is 9.78. The van der Waals surface area contributed by atoms with Crippen molar-refractivity contribution in [3.05, 3.63) is 58.3 Å². The van der Waals surface area contributed by atoms with E-state index < -0.39 is 0 Å². The van der Waals surface area contributed by atoms with Crippen molar-refractivity contribution in [1.29, 1.82) is 0 Å². The number of rotatable bonds is 6. The minimum absolute atomic E-state index is 0.0820. The maximum atomic E-state index is 11.8. The average Bonchev–Trinajstić information content (AvgIpc) is 2.99. The zero-order valence-electron chi connectivity index (χ0n) is 11.1. The fourth-order valence-electron chi connectivity index (χ4n) is 1.88. The summed E-state index contributed by atoms with van der Waals surface area (Å²) in [6.07, 6.45) is 0.615. The molecule has 106 valence electrons. The Morgan fingerprint density at radius 2 is 2.00 bits per heavy atom. The van der Waals surface area contributed by atoms with Gasteiger partial charge in [0.1, 0.15) is 0 Å². The molecule has 0 aliphatic carbocycles. The largest absolute Gasteiger partial charge is 0.394 e. The molecule has 20 heavy (non-hydrogen) atoms. The SMILES string of the molecule is O=C(NCc1cccs1)N[C@H](CO)Cc1ccccc1. The lowest BCUT2D eigenvalue weighted by atomic mass is 10.1. The van der Waals surface area contributed by atoms with Gasteiger partial charge in [0.2, 0.25) is 0 Å². The predicted molar refractivity (Wildman–Crippen MR) is 80.7 cm³/mol. The molecule has 4 nitrogen and oxygen atoms in total. The predicted octanol–water partition coefficient (Wildman–Crippen LogP) is 2.15. The summed E-state index contributed by atoms with van der Waals surface area (Å²) in [5.41, 5.74) is 1.09. The van der Waals surface area contributed by atoms with Crippen molar-refractivity contribution in [2.75, 3.05) is 6.61 Å². The molecule has 0 bridgehead atoms. The lowest BCUT2D eigenvalue weighted by molar-refractivity contribution is 0.215. The van der Waals surface area contributed by atoms with E-state index in [1.807, 2.05) is 47.8 Å². The van der Waals surface area contributed by atoms with Crippen molar-refractivity contribution in [2.45, 2.75) is 19.0 Å². The first kappa shape index (κ1) is 14.6. The third-order valence-electron chi connectivity index (χ3n) is 2.88. The lowest BCUT2D eigenvalue weighted by Gasteiger charge is -2.16. The van der Waals surface area contributed by atoms with Crippen LogP contribution in [-0.4, -0.2) is 23.8 Å². The lowest BCUT2D eigenvalue weighted by Crippen LogP contribution is -2.44. The fraction of sp³-hybridized carbons (Fsp3) is 0.267. The van der Waals surface area contributed by atoms with Gasteiger partial charge in [-0.05, 0) is 23.4 Å². The molecule has 1 aromatic heterocycles. The number of urea groups is 1. The molecule has 2 aromatic rings. The Balaban J connectivity index is 1.79. The summed E-state index contributed by atoms with van der Waals surface area (Å²) in [6.45, 7) is 0.425. The number of carbonyl (C=O) groups excluding carboxylic acids is 1. The number of aliphatic hydroxyl groups is 1. The molecule has 0 aliphatic heterocycles.